The molecule has 0 atom stereocenters. The van der Waals surface area contributed by atoms with Gasteiger partial charge in [-0.25, -0.2) is 27.7 Å². The third-order valence-electron chi connectivity index (χ3n) is 4.84. The fraction of sp³-hybridized carbons (Fsp3) is 0.368. The number of ether oxygens (including phenoxy) is 1. The largest absolute Gasteiger partial charge is 0.454 e. The lowest BCUT2D eigenvalue weighted by molar-refractivity contribution is 0.0459. The summed E-state index contributed by atoms with van der Waals surface area (Å²) in [7, 11) is -0.721. The molecular formula is C19H23N5O6S. The zero-order chi connectivity index (χ0) is 22.8. The second-order valence-electron chi connectivity index (χ2n) is 6.83. The first kappa shape index (κ1) is 22.4. The van der Waals surface area contributed by atoms with Crippen LogP contribution in [0.2, 0.25) is 0 Å². The van der Waals surface area contributed by atoms with Gasteiger partial charge in [0.05, 0.1) is 10.5 Å². The van der Waals surface area contributed by atoms with Crippen LogP contribution in [0.3, 0.4) is 0 Å². The van der Waals surface area contributed by atoms with E-state index in [1.807, 2.05) is 6.92 Å². The molecule has 166 valence electrons. The molecule has 0 radical (unpaired) electrons. The van der Waals surface area contributed by atoms with Gasteiger partial charge in [0, 0.05) is 13.6 Å². The van der Waals surface area contributed by atoms with Crippen molar-refractivity contribution in [3.63, 3.8) is 0 Å². The summed E-state index contributed by atoms with van der Waals surface area (Å²) in [6.45, 7) is 2.15. The van der Waals surface area contributed by atoms with Gasteiger partial charge in [-0.2, -0.15) is 0 Å². The lowest BCUT2D eigenvalue weighted by Gasteiger charge is -2.06. The second kappa shape index (κ2) is 8.86. The Bertz CT molecular complexity index is 1340. The number of benzene rings is 1. The highest BCUT2D eigenvalue weighted by atomic mass is 32.2. The number of imidazole rings is 1. The fourth-order valence-electron chi connectivity index (χ4n) is 3.05. The summed E-state index contributed by atoms with van der Waals surface area (Å²) in [4.78, 5) is 43.5. The summed E-state index contributed by atoms with van der Waals surface area (Å²) in [5.41, 5.74) is -0.502. The zero-order valence-corrected chi connectivity index (χ0v) is 18.2. The van der Waals surface area contributed by atoms with Crippen molar-refractivity contribution in [2.45, 2.75) is 37.8 Å². The number of nitrogens with one attached hydrogen (secondary N) is 2. The molecule has 0 fully saturated rings. The van der Waals surface area contributed by atoms with Gasteiger partial charge in [-0.3, -0.25) is 14.3 Å². The molecule has 1 aromatic carbocycles. The van der Waals surface area contributed by atoms with E-state index in [4.69, 9.17) is 4.74 Å². The van der Waals surface area contributed by atoms with Crippen LogP contribution in [0.1, 0.15) is 35.9 Å². The molecule has 0 bridgehead atoms. The molecule has 0 aliphatic heterocycles. The Morgan fingerprint density at radius 1 is 1.23 bits per heavy atom. The van der Waals surface area contributed by atoms with Crippen LogP contribution in [-0.4, -0.2) is 40.5 Å². The molecule has 0 saturated heterocycles. The van der Waals surface area contributed by atoms with Gasteiger partial charge in [0.2, 0.25) is 10.0 Å². The number of aromatic amines is 1. The molecule has 31 heavy (non-hydrogen) atoms. The molecule has 2 N–H and O–H groups in total. The number of rotatable bonds is 8. The molecule has 3 aromatic rings. The summed E-state index contributed by atoms with van der Waals surface area (Å²) in [6.07, 6.45) is 1.60. The first-order valence-electron chi connectivity index (χ1n) is 9.58. The van der Waals surface area contributed by atoms with E-state index in [9.17, 15) is 22.8 Å². The van der Waals surface area contributed by atoms with Gasteiger partial charge in [-0.1, -0.05) is 13.3 Å². The maximum absolute atomic E-state index is 12.4. The summed E-state index contributed by atoms with van der Waals surface area (Å²) < 4.78 is 33.9. The Balaban J connectivity index is 1.85. The van der Waals surface area contributed by atoms with Gasteiger partial charge >= 0.3 is 11.7 Å². The van der Waals surface area contributed by atoms with E-state index in [1.165, 1.54) is 40.4 Å². The Labute approximate surface area is 177 Å². The highest BCUT2D eigenvalue weighted by Crippen LogP contribution is 2.14. The minimum atomic E-state index is -3.61. The predicted molar refractivity (Wildman–Crippen MR) is 112 cm³/mol. The maximum atomic E-state index is 12.4. The third kappa shape index (κ3) is 4.44. The van der Waals surface area contributed by atoms with Crippen LogP contribution < -0.4 is 16.0 Å². The SMILES string of the molecule is CCCCn1c(=O)[nH]c(=O)c2c1nc(COC(=O)c1ccc(S(=O)(=O)NC)cc1)n2C. The van der Waals surface area contributed by atoms with Gasteiger partial charge in [0.15, 0.2) is 11.2 Å². The number of unbranched alkanes of at least 4 members (excludes halogenated alkanes) is 1. The molecule has 11 nitrogen and oxygen atoms in total. The van der Waals surface area contributed by atoms with Crippen molar-refractivity contribution in [2.24, 2.45) is 7.05 Å². The van der Waals surface area contributed by atoms with Gasteiger partial charge in [0.25, 0.3) is 5.56 Å². The lowest BCUT2D eigenvalue weighted by atomic mass is 10.2. The third-order valence-corrected chi connectivity index (χ3v) is 6.27. The van der Waals surface area contributed by atoms with Crippen molar-refractivity contribution >= 4 is 27.2 Å². The predicted octanol–water partition coefficient (Wildman–Crippen LogP) is 0.489. The van der Waals surface area contributed by atoms with Crippen molar-refractivity contribution in [1.82, 2.24) is 23.8 Å². The van der Waals surface area contributed by atoms with E-state index in [0.717, 1.165) is 12.8 Å². The van der Waals surface area contributed by atoms with Crippen molar-refractivity contribution in [3.8, 4) is 0 Å². The number of esters is 1. The Hall–Kier alpha value is -3.25. The Kier molecular flexibility index (Phi) is 6.41. The Morgan fingerprint density at radius 2 is 1.90 bits per heavy atom. The monoisotopic (exact) mass is 449 g/mol. The number of aromatic nitrogens is 4. The van der Waals surface area contributed by atoms with Crippen LogP contribution in [-0.2, 0) is 35.0 Å². The van der Waals surface area contributed by atoms with E-state index in [0.29, 0.717) is 12.4 Å². The van der Waals surface area contributed by atoms with E-state index < -0.39 is 27.2 Å². The number of nitrogens with zero attached hydrogens (tertiary/aromatic N) is 3. The fourth-order valence-corrected chi connectivity index (χ4v) is 3.78. The van der Waals surface area contributed by atoms with Gasteiger partial charge in [-0.05, 0) is 37.7 Å². The van der Waals surface area contributed by atoms with E-state index in [-0.39, 0.29) is 28.2 Å². The van der Waals surface area contributed by atoms with Crippen molar-refractivity contribution in [1.29, 1.82) is 0 Å². The van der Waals surface area contributed by atoms with Crippen LogP contribution >= 0.6 is 0 Å². The zero-order valence-electron chi connectivity index (χ0n) is 17.3. The number of carbonyl (C=O) groups excluding carboxylic acids is 1. The van der Waals surface area contributed by atoms with Gasteiger partial charge in [0.1, 0.15) is 12.4 Å². The minimum Gasteiger partial charge on any atom is -0.454 e. The lowest BCUT2D eigenvalue weighted by Crippen LogP contribution is -2.31. The maximum Gasteiger partial charge on any atom is 0.338 e. The van der Waals surface area contributed by atoms with Crippen LogP contribution in [0, 0.1) is 0 Å². The van der Waals surface area contributed by atoms with Crippen LogP contribution in [0.4, 0.5) is 0 Å². The number of hydrogen-bond donors (Lipinski definition) is 2. The average molecular weight is 449 g/mol. The molecule has 2 heterocycles. The molecule has 0 amide bonds. The highest BCUT2D eigenvalue weighted by Gasteiger charge is 2.18. The van der Waals surface area contributed by atoms with E-state index in [2.05, 4.69) is 14.7 Å². The smallest absolute Gasteiger partial charge is 0.338 e. The standard InChI is InChI=1S/C19H23N5O6S/c1-4-5-10-24-16-15(17(25)22-19(24)27)23(3)14(21-16)11-30-18(26)12-6-8-13(9-7-12)31(28,29)20-2/h6-9,20H,4-5,10-11H2,1-3H3,(H,22,25,27). The van der Waals surface area contributed by atoms with Crippen LogP contribution in [0.5, 0.6) is 0 Å². The van der Waals surface area contributed by atoms with Crippen molar-refractivity contribution in [3.05, 3.63) is 56.5 Å². The highest BCUT2D eigenvalue weighted by molar-refractivity contribution is 7.89. The molecule has 12 heteroatoms. The summed E-state index contributed by atoms with van der Waals surface area (Å²) in [5, 5.41) is 0. The normalized spacial score (nSPS) is 11.7. The second-order valence-corrected chi connectivity index (χ2v) is 8.72. The summed E-state index contributed by atoms with van der Waals surface area (Å²) in [5.74, 6) is -0.392. The van der Waals surface area contributed by atoms with Crippen molar-refractivity contribution < 1.29 is 17.9 Å². The number of H-pyrrole nitrogens is 1. The molecule has 2 aromatic heterocycles. The molecule has 0 spiro atoms. The summed E-state index contributed by atoms with van der Waals surface area (Å²) in [6, 6.07) is 5.27. The summed E-state index contributed by atoms with van der Waals surface area (Å²) >= 11 is 0. The van der Waals surface area contributed by atoms with Gasteiger partial charge < -0.3 is 9.30 Å². The molecule has 0 aliphatic carbocycles. The molecule has 0 unspecified atom stereocenters. The van der Waals surface area contributed by atoms with Crippen molar-refractivity contribution in [2.75, 3.05) is 7.05 Å². The molecule has 0 aliphatic rings. The average Bonchev–Trinajstić information content (AvgIpc) is 3.08. The number of aryl methyl sites for hydroxylation is 2. The molecular weight excluding hydrogens is 426 g/mol. The number of hydrogen-bond acceptors (Lipinski definition) is 7. The van der Waals surface area contributed by atoms with E-state index in [1.54, 1.807) is 7.05 Å². The van der Waals surface area contributed by atoms with E-state index >= 15 is 0 Å². The van der Waals surface area contributed by atoms with Crippen LogP contribution in [0.15, 0.2) is 38.8 Å². The topological polar surface area (TPSA) is 145 Å². The molecule has 3 rings (SSSR count). The molecule has 0 saturated carbocycles. The first-order valence-corrected chi connectivity index (χ1v) is 11.1. The number of fused-ring (bicyclic) bond motifs is 1. The van der Waals surface area contributed by atoms with Gasteiger partial charge in [-0.15, -0.1) is 0 Å². The number of sulfonamides is 1. The van der Waals surface area contributed by atoms with Crippen LogP contribution in [0.25, 0.3) is 11.2 Å². The Morgan fingerprint density at radius 3 is 2.52 bits per heavy atom. The quantitative estimate of drug-likeness (QED) is 0.476. The first-order chi connectivity index (χ1) is 14.7. The minimum absolute atomic E-state index is 0.0196. The number of carbonyl (C=O) groups is 1.